The maximum atomic E-state index is 12.0. The Labute approximate surface area is 124 Å². The number of nitrogens with two attached hydrogens (primary N) is 1. The van der Waals surface area contributed by atoms with E-state index in [-0.39, 0.29) is 5.91 Å². The molecule has 21 heavy (non-hydrogen) atoms. The summed E-state index contributed by atoms with van der Waals surface area (Å²) in [5.41, 5.74) is 4.95. The van der Waals surface area contributed by atoms with Crippen LogP contribution in [0.3, 0.4) is 0 Å². The summed E-state index contributed by atoms with van der Waals surface area (Å²) in [7, 11) is 3.61. The van der Waals surface area contributed by atoms with Gasteiger partial charge in [-0.3, -0.25) is 9.69 Å². The minimum absolute atomic E-state index is 0.313. The second kappa shape index (κ2) is 5.38. The molecule has 2 N–H and O–H groups in total. The Morgan fingerprint density at radius 2 is 2.24 bits per heavy atom. The van der Waals surface area contributed by atoms with Crippen LogP contribution in [-0.2, 0) is 23.1 Å². The molecule has 1 aromatic rings. The summed E-state index contributed by atoms with van der Waals surface area (Å²) in [4.78, 5) is 14.1. The number of carbonyl (C=O) groups is 1. The number of likely N-dealkylation sites (tertiary alicyclic amines) is 1. The van der Waals surface area contributed by atoms with Crippen molar-refractivity contribution in [3.05, 3.63) is 11.6 Å². The van der Waals surface area contributed by atoms with Crippen molar-refractivity contribution in [1.82, 2.24) is 19.7 Å². The molecule has 0 spiro atoms. The summed E-state index contributed by atoms with van der Waals surface area (Å²) in [6.07, 6.45) is 4.08. The first-order valence-electron chi connectivity index (χ1n) is 7.50. The number of ether oxygens (including phenoxy) is 1. The molecule has 1 atom stereocenters. The predicted octanol–water partition coefficient (Wildman–Crippen LogP) is 0.159. The first kappa shape index (κ1) is 14.5. The molecule has 116 valence electrons. The zero-order valence-corrected chi connectivity index (χ0v) is 12.7. The molecule has 2 fully saturated rings. The molecular weight excluding hydrogens is 270 g/mol. The molecule has 3 rings (SSSR count). The zero-order chi connectivity index (χ0) is 15.0. The first-order valence-corrected chi connectivity index (χ1v) is 7.50. The normalized spacial score (nSPS) is 26.4. The minimum Gasteiger partial charge on any atom is -0.382 e. The van der Waals surface area contributed by atoms with Gasteiger partial charge in [0.05, 0.1) is 13.2 Å². The summed E-state index contributed by atoms with van der Waals surface area (Å²) in [5.74, 6) is 2.20. The molecule has 2 heterocycles. The highest BCUT2D eigenvalue weighted by Crippen LogP contribution is 2.39. The molecule has 7 heteroatoms. The smallest absolute Gasteiger partial charge is 0.240 e. The molecule has 0 aromatic carbocycles. The van der Waals surface area contributed by atoms with Crippen LogP contribution in [0.5, 0.6) is 0 Å². The number of hydrogen-bond acceptors (Lipinski definition) is 5. The van der Waals surface area contributed by atoms with Gasteiger partial charge in [-0.1, -0.05) is 0 Å². The fourth-order valence-corrected chi connectivity index (χ4v) is 3.30. The van der Waals surface area contributed by atoms with E-state index in [9.17, 15) is 4.79 Å². The van der Waals surface area contributed by atoms with E-state index in [0.29, 0.717) is 19.1 Å². The van der Waals surface area contributed by atoms with Crippen LogP contribution in [0, 0.1) is 0 Å². The van der Waals surface area contributed by atoms with Crippen LogP contribution in [-0.4, -0.2) is 51.4 Å². The van der Waals surface area contributed by atoms with Crippen LogP contribution in [0.25, 0.3) is 0 Å². The molecule has 1 saturated carbocycles. The van der Waals surface area contributed by atoms with Gasteiger partial charge in [-0.25, -0.2) is 0 Å². The second-order valence-corrected chi connectivity index (χ2v) is 6.16. The number of hydrogen-bond donors (Lipinski definition) is 1. The Morgan fingerprint density at radius 3 is 2.86 bits per heavy atom. The Hall–Kier alpha value is -1.47. The van der Waals surface area contributed by atoms with E-state index in [4.69, 9.17) is 10.5 Å². The first-order chi connectivity index (χ1) is 10.1. The van der Waals surface area contributed by atoms with E-state index < -0.39 is 5.54 Å². The van der Waals surface area contributed by atoms with Crippen LogP contribution in [0.2, 0.25) is 0 Å². The maximum Gasteiger partial charge on any atom is 0.240 e. The second-order valence-electron chi connectivity index (χ2n) is 6.16. The van der Waals surface area contributed by atoms with Gasteiger partial charge in [0.1, 0.15) is 17.2 Å². The predicted molar refractivity (Wildman–Crippen MR) is 76.4 cm³/mol. The van der Waals surface area contributed by atoms with Crippen LogP contribution < -0.4 is 5.73 Å². The summed E-state index contributed by atoms with van der Waals surface area (Å²) >= 11 is 0. The van der Waals surface area contributed by atoms with Crippen molar-refractivity contribution < 1.29 is 9.53 Å². The summed E-state index contributed by atoms with van der Waals surface area (Å²) in [5, 5.41) is 8.60. The molecule has 1 unspecified atom stereocenters. The quantitative estimate of drug-likeness (QED) is 0.807. The number of aromatic nitrogens is 3. The lowest BCUT2D eigenvalue weighted by atomic mass is 9.96. The summed E-state index contributed by atoms with van der Waals surface area (Å²) < 4.78 is 7.32. The van der Waals surface area contributed by atoms with Crippen molar-refractivity contribution in [2.24, 2.45) is 12.8 Å². The topological polar surface area (TPSA) is 86.3 Å². The number of methoxy groups -OCH3 is 1. The van der Waals surface area contributed by atoms with Crippen LogP contribution in [0.4, 0.5) is 0 Å². The molecule has 1 aliphatic heterocycles. The maximum absolute atomic E-state index is 12.0. The highest BCUT2D eigenvalue weighted by molar-refractivity contribution is 5.85. The van der Waals surface area contributed by atoms with Gasteiger partial charge in [0.15, 0.2) is 0 Å². The van der Waals surface area contributed by atoms with E-state index in [1.54, 1.807) is 7.11 Å². The third-order valence-corrected chi connectivity index (χ3v) is 4.74. The third-order valence-electron chi connectivity index (χ3n) is 4.74. The molecule has 1 aromatic heterocycles. The van der Waals surface area contributed by atoms with Gasteiger partial charge in [0, 0.05) is 20.1 Å². The minimum atomic E-state index is -0.708. The molecular formula is C14H23N5O2. The lowest BCUT2D eigenvalue weighted by molar-refractivity contribution is -0.132. The van der Waals surface area contributed by atoms with Crippen molar-refractivity contribution in [3.63, 3.8) is 0 Å². The average molecular weight is 293 g/mol. The molecule has 1 saturated heterocycles. The van der Waals surface area contributed by atoms with E-state index in [0.717, 1.165) is 31.0 Å². The lowest BCUT2D eigenvalue weighted by Crippen LogP contribution is -2.56. The monoisotopic (exact) mass is 293 g/mol. The van der Waals surface area contributed by atoms with Gasteiger partial charge in [-0.15, -0.1) is 10.2 Å². The van der Waals surface area contributed by atoms with Gasteiger partial charge in [-0.2, -0.15) is 0 Å². The van der Waals surface area contributed by atoms with Crippen molar-refractivity contribution in [1.29, 1.82) is 0 Å². The molecule has 1 amide bonds. The van der Waals surface area contributed by atoms with Gasteiger partial charge < -0.3 is 15.0 Å². The van der Waals surface area contributed by atoms with Crippen molar-refractivity contribution in [3.8, 4) is 0 Å². The Bertz CT molecular complexity index is 539. The number of carbonyl (C=O) groups excluding carboxylic acids is 1. The van der Waals surface area contributed by atoms with Gasteiger partial charge >= 0.3 is 0 Å². The number of amides is 1. The standard InChI is InChI=1S/C14H23N5O2/c1-18-11(16-17-12(18)10-4-5-10)8-19-7-3-6-14(19,9-21-2)13(15)20/h10H,3-9H2,1-2H3,(H2,15,20). The van der Waals surface area contributed by atoms with Gasteiger partial charge in [0.2, 0.25) is 5.91 Å². The van der Waals surface area contributed by atoms with E-state index in [1.165, 1.54) is 12.8 Å². The van der Waals surface area contributed by atoms with E-state index in [1.807, 2.05) is 7.05 Å². The Balaban J connectivity index is 1.81. The highest BCUT2D eigenvalue weighted by atomic mass is 16.5. The lowest BCUT2D eigenvalue weighted by Gasteiger charge is -2.34. The average Bonchev–Trinajstić information content (AvgIpc) is 3.11. The Kier molecular flexibility index (Phi) is 3.71. The number of nitrogens with zero attached hydrogens (tertiary/aromatic N) is 4. The molecule has 7 nitrogen and oxygen atoms in total. The van der Waals surface area contributed by atoms with Gasteiger partial charge in [-0.05, 0) is 32.2 Å². The molecule has 0 radical (unpaired) electrons. The Morgan fingerprint density at radius 1 is 1.48 bits per heavy atom. The zero-order valence-electron chi connectivity index (χ0n) is 12.7. The van der Waals surface area contributed by atoms with Crippen molar-refractivity contribution in [2.45, 2.75) is 43.7 Å². The molecule has 1 aliphatic carbocycles. The van der Waals surface area contributed by atoms with Crippen LogP contribution >= 0.6 is 0 Å². The highest BCUT2D eigenvalue weighted by Gasteiger charge is 2.46. The number of primary amides is 1. The van der Waals surface area contributed by atoms with E-state index >= 15 is 0 Å². The fraction of sp³-hybridized carbons (Fsp3) is 0.786. The third kappa shape index (κ3) is 2.44. The molecule has 2 aliphatic rings. The largest absolute Gasteiger partial charge is 0.382 e. The van der Waals surface area contributed by atoms with Gasteiger partial charge in [0.25, 0.3) is 0 Å². The summed E-state index contributed by atoms with van der Waals surface area (Å²) in [6.45, 7) is 1.75. The SMILES string of the molecule is COCC1(C(N)=O)CCCN1Cc1nnc(C2CC2)n1C. The number of rotatable bonds is 6. The van der Waals surface area contributed by atoms with Crippen molar-refractivity contribution >= 4 is 5.91 Å². The van der Waals surface area contributed by atoms with Crippen LogP contribution in [0.15, 0.2) is 0 Å². The molecule has 0 bridgehead atoms. The van der Waals surface area contributed by atoms with E-state index in [2.05, 4.69) is 19.7 Å². The van der Waals surface area contributed by atoms with Crippen LogP contribution in [0.1, 0.15) is 43.3 Å². The summed E-state index contributed by atoms with van der Waals surface area (Å²) in [6, 6.07) is 0. The fourth-order valence-electron chi connectivity index (χ4n) is 3.30. The van der Waals surface area contributed by atoms with Crippen molar-refractivity contribution in [2.75, 3.05) is 20.3 Å².